The van der Waals surface area contributed by atoms with Crippen LogP contribution in [0.4, 0.5) is 0 Å². The molecule has 0 aliphatic rings. The smallest absolute Gasteiger partial charge is 0.492 e. The van der Waals surface area contributed by atoms with E-state index in [9.17, 15) is 5.11 Å². The lowest BCUT2D eigenvalue weighted by molar-refractivity contribution is 0.418. The van der Waals surface area contributed by atoms with Gasteiger partial charge in [0.1, 0.15) is 5.75 Å². The highest BCUT2D eigenvalue weighted by molar-refractivity contribution is 6.60. The largest absolute Gasteiger partial charge is 0.508 e. The standard InChI is InChI=1S/C10H15BO3/c1-7(2)6-8-4-3-5-9(12)10(8)11(13)14/h3-5,7,12-14H,6H2,1-2H3. The average molecular weight is 194 g/mol. The zero-order valence-electron chi connectivity index (χ0n) is 8.44. The molecule has 0 saturated carbocycles. The molecule has 4 heteroatoms. The van der Waals surface area contributed by atoms with Crippen LogP contribution in [0.5, 0.6) is 5.75 Å². The van der Waals surface area contributed by atoms with Crippen molar-refractivity contribution in [2.75, 3.05) is 0 Å². The van der Waals surface area contributed by atoms with Crippen LogP contribution < -0.4 is 5.46 Å². The van der Waals surface area contributed by atoms with Gasteiger partial charge in [0.15, 0.2) is 0 Å². The van der Waals surface area contributed by atoms with Gasteiger partial charge in [0.05, 0.1) is 0 Å². The molecule has 76 valence electrons. The molecule has 1 aromatic carbocycles. The maximum atomic E-state index is 9.45. The summed E-state index contributed by atoms with van der Waals surface area (Å²) in [5.41, 5.74) is 1.01. The number of hydrogen-bond acceptors (Lipinski definition) is 3. The molecule has 0 heterocycles. The van der Waals surface area contributed by atoms with E-state index in [1.807, 2.05) is 13.8 Å². The average Bonchev–Trinajstić information content (AvgIpc) is 2.01. The van der Waals surface area contributed by atoms with Crippen LogP contribution in [0.15, 0.2) is 18.2 Å². The highest BCUT2D eigenvalue weighted by atomic mass is 16.4. The first kappa shape index (κ1) is 11.1. The highest BCUT2D eigenvalue weighted by Gasteiger charge is 2.20. The summed E-state index contributed by atoms with van der Waals surface area (Å²) in [5.74, 6) is 0.354. The molecular formula is C10H15BO3. The third-order valence-corrected chi connectivity index (χ3v) is 2.06. The van der Waals surface area contributed by atoms with Crippen molar-refractivity contribution in [3.8, 4) is 5.75 Å². The van der Waals surface area contributed by atoms with Gasteiger partial charge in [0.25, 0.3) is 0 Å². The van der Waals surface area contributed by atoms with Gasteiger partial charge < -0.3 is 15.2 Å². The Morgan fingerprint density at radius 1 is 1.29 bits per heavy atom. The Morgan fingerprint density at radius 3 is 2.43 bits per heavy atom. The summed E-state index contributed by atoms with van der Waals surface area (Å²) in [5, 5.41) is 27.6. The van der Waals surface area contributed by atoms with Crippen LogP contribution in [0.2, 0.25) is 0 Å². The molecule has 0 amide bonds. The van der Waals surface area contributed by atoms with Gasteiger partial charge in [-0.2, -0.15) is 0 Å². The quantitative estimate of drug-likeness (QED) is 0.605. The topological polar surface area (TPSA) is 60.7 Å². The van der Waals surface area contributed by atoms with E-state index < -0.39 is 7.12 Å². The van der Waals surface area contributed by atoms with Gasteiger partial charge in [-0.15, -0.1) is 0 Å². The molecule has 0 bridgehead atoms. The molecule has 0 radical (unpaired) electrons. The second-order valence-corrected chi connectivity index (χ2v) is 3.82. The number of benzene rings is 1. The zero-order valence-corrected chi connectivity index (χ0v) is 8.44. The second-order valence-electron chi connectivity index (χ2n) is 3.82. The first-order valence-corrected chi connectivity index (χ1v) is 4.69. The summed E-state index contributed by atoms with van der Waals surface area (Å²) in [6, 6.07) is 4.96. The van der Waals surface area contributed by atoms with Gasteiger partial charge in [-0.3, -0.25) is 0 Å². The van der Waals surface area contributed by atoms with Gasteiger partial charge in [0.2, 0.25) is 0 Å². The summed E-state index contributed by atoms with van der Waals surface area (Å²) in [6.07, 6.45) is 0.724. The molecule has 0 fully saturated rings. The molecule has 3 N–H and O–H groups in total. The monoisotopic (exact) mass is 194 g/mol. The molecule has 0 aromatic heterocycles. The normalized spacial score (nSPS) is 10.6. The van der Waals surface area contributed by atoms with Crippen LogP contribution in [0, 0.1) is 5.92 Å². The second kappa shape index (κ2) is 4.48. The van der Waals surface area contributed by atoms with Crippen LogP contribution >= 0.6 is 0 Å². The van der Waals surface area contributed by atoms with E-state index in [1.54, 1.807) is 12.1 Å². The summed E-state index contributed by atoms with van der Waals surface area (Å²) in [4.78, 5) is 0. The Kier molecular flexibility index (Phi) is 3.55. The molecule has 1 aromatic rings. The Morgan fingerprint density at radius 2 is 1.93 bits per heavy atom. The Hall–Kier alpha value is -0.995. The summed E-state index contributed by atoms with van der Waals surface area (Å²) in [6.45, 7) is 4.08. The lowest BCUT2D eigenvalue weighted by atomic mass is 9.74. The Labute approximate surface area is 84.2 Å². The molecule has 0 atom stereocenters. The number of rotatable bonds is 3. The fraction of sp³-hybridized carbons (Fsp3) is 0.400. The number of aromatic hydroxyl groups is 1. The van der Waals surface area contributed by atoms with Crippen molar-refractivity contribution < 1.29 is 15.2 Å². The molecular weight excluding hydrogens is 179 g/mol. The Bertz CT molecular complexity index is 310. The van der Waals surface area contributed by atoms with Gasteiger partial charge in [-0.05, 0) is 24.0 Å². The van der Waals surface area contributed by atoms with Crippen molar-refractivity contribution in [3.05, 3.63) is 23.8 Å². The molecule has 3 nitrogen and oxygen atoms in total. The predicted molar refractivity (Wildman–Crippen MR) is 56.5 cm³/mol. The zero-order chi connectivity index (χ0) is 10.7. The minimum atomic E-state index is -1.61. The maximum absolute atomic E-state index is 9.45. The van der Waals surface area contributed by atoms with E-state index in [4.69, 9.17) is 10.0 Å². The number of phenolic OH excluding ortho intramolecular Hbond substituents is 1. The molecule has 0 unspecified atom stereocenters. The molecule has 0 saturated heterocycles. The number of phenols is 1. The van der Waals surface area contributed by atoms with Gasteiger partial charge in [0, 0.05) is 5.46 Å². The third kappa shape index (κ3) is 2.50. The summed E-state index contributed by atoms with van der Waals surface area (Å²) < 4.78 is 0. The minimum Gasteiger partial charge on any atom is -0.508 e. The van der Waals surface area contributed by atoms with Crippen molar-refractivity contribution in [2.24, 2.45) is 5.92 Å². The van der Waals surface area contributed by atoms with Gasteiger partial charge >= 0.3 is 7.12 Å². The Balaban J connectivity index is 3.08. The van der Waals surface area contributed by atoms with Crippen LogP contribution in [0.25, 0.3) is 0 Å². The van der Waals surface area contributed by atoms with Gasteiger partial charge in [-0.1, -0.05) is 26.0 Å². The van der Waals surface area contributed by atoms with E-state index in [0.717, 1.165) is 12.0 Å². The van der Waals surface area contributed by atoms with Crippen LogP contribution in [-0.4, -0.2) is 22.3 Å². The van der Waals surface area contributed by atoms with Crippen molar-refractivity contribution in [3.63, 3.8) is 0 Å². The molecule has 1 rings (SSSR count). The van der Waals surface area contributed by atoms with Crippen molar-refractivity contribution >= 4 is 12.6 Å². The van der Waals surface area contributed by atoms with Crippen LogP contribution in [0.1, 0.15) is 19.4 Å². The van der Waals surface area contributed by atoms with Crippen LogP contribution in [-0.2, 0) is 6.42 Å². The van der Waals surface area contributed by atoms with Crippen molar-refractivity contribution in [1.29, 1.82) is 0 Å². The maximum Gasteiger partial charge on any atom is 0.492 e. The fourth-order valence-corrected chi connectivity index (χ4v) is 1.52. The van der Waals surface area contributed by atoms with Crippen LogP contribution in [0.3, 0.4) is 0 Å². The molecule has 0 aliphatic heterocycles. The first-order chi connectivity index (χ1) is 6.52. The van der Waals surface area contributed by atoms with E-state index in [0.29, 0.717) is 5.92 Å². The molecule has 0 aliphatic carbocycles. The molecule has 0 spiro atoms. The lowest BCUT2D eigenvalue weighted by Gasteiger charge is -2.12. The first-order valence-electron chi connectivity index (χ1n) is 4.69. The SMILES string of the molecule is CC(C)Cc1cccc(O)c1B(O)O. The minimum absolute atomic E-state index is 0.0573. The fourth-order valence-electron chi connectivity index (χ4n) is 1.52. The van der Waals surface area contributed by atoms with Gasteiger partial charge in [-0.25, -0.2) is 0 Å². The van der Waals surface area contributed by atoms with E-state index >= 15 is 0 Å². The lowest BCUT2D eigenvalue weighted by Crippen LogP contribution is -2.33. The highest BCUT2D eigenvalue weighted by Crippen LogP contribution is 2.12. The molecule has 14 heavy (non-hydrogen) atoms. The van der Waals surface area contributed by atoms with E-state index in [2.05, 4.69) is 0 Å². The predicted octanol–water partition coefficient (Wildman–Crippen LogP) is 0.271. The van der Waals surface area contributed by atoms with E-state index in [-0.39, 0.29) is 11.2 Å². The summed E-state index contributed by atoms with van der Waals surface area (Å²) >= 11 is 0. The van der Waals surface area contributed by atoms with Crippen molar-refractivity contribution in [2.45, 2.75) is 20.3 Å². The van der Waals surface area contributed by atoms with Crippen molar-refractivity contribution in [1.82, 2.24) is 0 Å². The third-order valence-electron chi connectivity index (χ3n) is 2.06. The number of hydrogen-bond donors (Lipinski definition) is 3. The summed E-state index contributed by atoms with van der Waals surface area (Å²) in [7, 11) is -1.61. The van der Waals surface area contributed by atoms with E-state index in [1.165, 1.54) is 6.07 Å².